The molecule has 2 aromatic heterocycles. The van der Waals surface area contributed by atoms with Gasteiger partial charge in [-0.25, -0.2) is 9.79 Å². The minimum Gasteiger partial charge on any atom is -0.463 e. The topological polar surface area (TPSA) is 81.0 Å². The zero-order valence-corrected chi connectivity index (χ0v) is 21.6. The molecule has 184 valence electrons. The lowest BCUT2D eigenvalue weighted by Gasteiger charge is -2.24. The average molecular weight is 528 g/mol. The van der Waals surface area contributed by atoms with Gasteiger partial charge in [-0.1, -0.05) is 65.9 Å². The Balaban J connectivity index is 1.72. The van der Waals surface area contributed by atoms with Gasteiger partial charge in [-0.2, -0.15) is 0 Å². The molecule has 0 N–H and O–H groups in total. The predicted molar refractivity (Wildman–Crippen MR) is 144 cm³/mol. The number of thiophene rings is 1. The van der Waals surface area contributed by atoms with Crippen LogP contribution in [0.1, 0.15) is 29.0 Å². The van der Waals surface area contributed by atoms with Crippen molar-refractivity contribution in [2.24, 2.45) is 4.99 Å². The first-order valence-electron chi connectivity index (χ1n) is 11.7. The summed E-state index contributed by atoms with van der Waals surface area (Å²) in [5.41, 5.74) is 2.97. The van der Waals surface area contributed by atoms with Gasteiger partial charge in [-0.15, -0.1) is 11.3 Å². The Kier molecular flexibility index (Phi) is 5.73. The molecule has 0 saturated heterocycles. The molecule has 0 radical (unpaired) electrons. The summed E-state index contributed by atoms with van der Waals surface area (Å²) in [7, 11) is 1.70. The highest BCUT2D eigenvalue weighted by Crippen LogP contribution is 2.37. The summed E-state index contributed by atoms with van der Waals surface area (Å²) in [4.78, 5) is 48.4. The molecule has 0 bridgehead atoms. The molecule has 2 aliphatic heterocycles. The van der Waals surface area contributed by atoms with E-state index in [1.807, 2.05) is 72.1 Å². The maximum Gasteiger partial charge on any atom is 0.338 e. The Hall–Kier alpha value is -4.08. The number of ether oxygens (including phenoxy) is 1. The summed E-state index contributed by atoms with van der Waals surface area (Å²) in [6, 6.07) is 19.9. The van der Waals surface area contributed by atoms with Gasteiger partial charge in [0.2, 0.25) is 0 Å². The van der Waals surface area contributed by atoms with Crippen molar-refractivity contribution in [1.82, 2.24) is 4.57 Å². The van der Waals surface area contributed by atoms with E-state index in [-0.39, 0.29) is 18.1 Å². The van der Waals surface area contributed by atoms with Gasteiger partial charge in [0.05, 0.1) is 29.1 Å². The third-order valence-electron chi connectivity index (χ3n) is 6.44. The highest BCUT2D eigenvalue weighted by molar-refractivity contribution is 7.10. The van der Waals surface area contributed by atoms with Crippen molar-refractivity contribution in [3.63, 3.8) is 0 Å². The van der Waals surface area contributed by atoms with Gasteiger partial charge in [0, 0.05) is 23.1 Å². The number of thiazole rings is 1. The van der Waals surface area contributed by atoms with Crippen molar-refractivity contribution in [3.8, 4) is 0 Å². The van der Waals surface area contributed by atoms with Gasteiger partial charge < -0.3 is 9.64 Å². The quantitative estimate of drug-likeness (QED) is 0.381. The number of hydrogen-bond acceptors (Lipinski definition) is 7. The van der Waals surface area contributed by atoms with Gasteiger partial charge in [-0.05, 0) is 24.4 Å². The minimum atomic E-state index is -0.732. The van der Waals surface area contributed by atoms with Crippen LogP contribution in [-0.2, 0) is 14.3 Å². The van der Waals surface area contributed by atoms with E-state index in [2.05, 4.69) is 0 Å². The van der Waals surface area contributed by atoms with Crippen LogP contribution < -0.4 is 19.8 Å². The molecule has 0 unspecified atom stereocenters. The lowest BCUT2D eigenvalue weighted by molar-refractivity contribution is -0.138. The summed E-state index contributed by atoms with van der Waals surface area (Å²) >= 11 is 2.62. The second-order valence-electron chi connectivity index (χ2n) is 8.52. The fraction of sp³-hybridized carbons (Fsp3) is 0.143. The SMILES string of the molecule is CCOC(=O)C1=C(c2ccccc2)N=c2s/c(=C3\C(=O)N(C)c4ccccc43)c(=O)n2[C@H]1c1cccs1. The van der Waals surface area contributed by atoms with Crippen molar-refractivity contribution in [1.29, 1.82) is 0 Å². The highest BCUT2D eigenvalue weighted by atomic mass is 32.1. The molecular weight excluding hydrogens is 506 g/mol. The maximum absolute atomic E-state index is 14.1. The molecule has 0 saturated carbocycles. The Bertz CT molecular complexity index is 1770. The lowest BCUT2D eigenvalue weighted by Crippen LogP contribution is -2.40. The summed E-state index contributed by atoms with van der Waals surface area (Å²) in [6.45, 7) is 1.94. The molecule has 0 spiro atoms. The van der Waals surface area contributed by atoms with Crippen molar-refractivity contribution >= 4 is 51.5 Å². The molecule has 2 aliphatic rings. The van der Waals surface area contributed by atoms with E-state index in [9.17, 15) is 14.4 Å². The van der Waals surface area contributed by atoms with Crippen molar-refractivity contribution in [2.45, 2.75) is 13.0 Å². The largest absolute Gasteiger partial charge is 0.463 e. The minimum absolute atomic E-state index is 0.188. The van der Waals surface area contributed by atoms with Crippen molar-refractivity contribution < 1.29 is 14.3 Å². The number of nitrogens with zero attached hydrogens (tertiary/aromatic N) is 3. The number of anilines is 1. The predicted octanol–water partition coefficient (Wildman–Crippen LogP) is 3.34. The Morgan fingerprint density at radius 3 is 2.51 bits per heavy atom. The second-order valence-corrected chi connectivity index (χ2v) is 10.5. The number of carbonyl (C=O) groups excluding carboxylic acids is 2. The van der Waals surface area contributed by atoms with Crippen LogP contribution in [0.25, 0.3) is 11.3 Å². The molecule has 0 aliphatic carbocycles. The molecule has 1 amide bonds. The van der Waals surface area contributed by atoms with E-state index in [4.69, 9.17) is 9.73 Å². The third-order valence-corrected chi connectivity index (χ3v) is 8.42. The number of esters is 1. The van der Waals surface area contributed by atoms with Crippen LogP contribution in [0.5, 0.6) is 0 Å². The van der Waals surface area contributed by atoms with Crippen LogP contribution in [0.4, 0.5) is 5.69 Å². The first-order valence-corrected chi connectivity index (χ1v) is 13.4. The average Bonchev–Trinajstić information content (AvgIpc) is 3.62. The van der Waals surface area contributed by atoms with E-state index in [1.54, 1.807) is 18.9 Å². The number of likely N-dealkylation sites (N-methyl/N-ethyl adjacent to an activating group) is 1. The molecule has 2 aromatic carbocycles. The number of rotatable bonds is 4. The molecule has 4 aromatic rings. The zero-order valence-electron chi connectivity index (χ0n) is 20.0. The first-order chi connectivity index (χ1) is 18.0. The second kappa shape index (κ2) is 9.10. The van der Waals surface area contributed by atoms with Crippen LogP contribution in [0, 0.1) is 0 Å². The number of benzene rings is 2. The van der Waals surface area contributed by atoms with E-state index < -0.39 is 12.0 Å². The Morgan fingerprint density at radius 2 is 1.78 bits per heavy atom. The molecule has 7 nitrogen and oxygen atoms in total. The number of fused-ring (bicyclic) bond motifs is 2. The molecule has 4 heterocycles. The van der Waals surface area contributed by atoms with Crippen LogP contribution in [0.15, 0.2) is 87.5 Å². The van der Waals surface area contributed by atoms with Crippen LogP contribution in [-0.4, -0.2) is 30.1 Å². The summed E-state index contributed by atoms with van der Waals surface area (Å²) in [5, 5.41) is 1.91. The number of hydrogen-bond donors (Lipinski definition) is 0. The van der Waals surface area contributed by atoms with Crippen molar-refractivity contribution in [2.75, 3.05) is 18.6 Å². The van der Waals surface area contributed by atoms with Gasteiger partial charge in [-0.3, -0.25) is 14.2 Å². The summed E-state index contributed by atoms with van der Waals surface area (Å²) < 4.78 is 7.31. The van der Waals surface area contributed by atoms with E-state index >= 15 is 0 Å². The molecular formula is C28H21N3O4S2. The van der Waals surface area contributed by atoms with Gasteiger partial charge in [0.25, 0.3) is 11.5 Å². The van der Waals surface area contributed by atoms with Crippen LogP contribution in [0.3, 0.4) is 0 Å². The fourth-order valence-electron chi connectivity index (χ4n) is 4.80. The highest BCUT2D eigenvalue weighted by Gasteiger charge is 2.37. The molecule has 0 fully saturated rings. The number of carbonyl (C=O) groups is 2. The fourth-order valence-corrected chi connectivity index (χ4v) is 6.71. The summed E-state index contributed by atoms with van der Waals surface area (Å²) in [5.74, 6) is -0.768. The van der Waals surface area contributed by atoms with Crippen molar-refractivity contribution in [3.05, 3.63) is 113 Å². The smallest absolute Gasteiger partial charge is 0.338 e. The monoisotopic (exact) mass is 527 g/mol. The van der Waals surface area contributed by atoms with Crippen LogP contribution in [0.2, 0.25) is 0 Å². The maximum atomic E-state index is 14.1. The van der Waals surface area contributed by atoms with Crippen LogP contribution >= 0.6 is 22.7 Å². The Morgan fingerprint density at radius 1 is 1.03 bits per heavy atom. The first kappa shape index (κ1) is 23.3. The molecule has 37 heavy (non-hydrogen) atoms. The lowest BCUT2D eigenvalue weighted by atomic mass is 9.97. The molecule has 1 atom stereocenters. The number of aromatic nitrogens is 1. The normalized spacial score (nSPS) is 17.9. The van der Waals surface area contributed by atoms with E-state index in [0.29, 0.717) is 31.7 Å². The standard InChI is InChI=1S/C28H21N3O4S2/c1-3-35-27(34)21-22(16-10-5-4-6-11-16)29-28-31(23(21)19-14-9-15-36-19)26(33)24(37-28)20-17-12-7-8-13-18(17)30(2)25(20)32/h4-15,23H,3H2,1-2H3/b24-20-/t23-/m0/s1. The zero-order chi connectivity index (χ0) is 25.7. The van der Waals surface area contributed by atoms with Gasteiger partial charge in [0.1, 0.15) is 10.6 Å². The number of para-hydroxylation sites is 1. The Labute approximate surface area is 219 Å². The van der Waals surface area contributed by atoms with E-state index in [0.717, 1.165) is 16.1 Å². The third kappa shape index (κ3) is 3.61. The molecule has 9 heteroatoms. The van der Waals surface area contributed by atoms with E-state index in [1.165, 1.54) is 27.2 Å². The van der Waals surface area contributed by atoms with Gasteiger partial charge >= 0.3 is 5.97 Å². The number of amides is 1. The summed E-state index contributed by atoms with van der Waals surface area (Å²) in [6.07, 6.45) is 0. The molecule has 6 rings (SSSR count). The van der Waals surface area contributed by atoms with Gasteiger partial charge in [0.15, 0.2) is 4.80 Å².